The topological polar surface area (TPSA) is 375 Å². The van der Waals surface area contributed by atoms with Crippen LogP contribution >= 0.6 is 0 Å². The Morgan fingerprint density at radius 2 is 0.536 bits per heavy atom. The first-order chi connectivity index (χ1) is 68.5. The smallest absolute Gasteiger partial charge is 0.303 e. The summed E-state index contributed by atoms with van der Waals surface area (Å²) in [5.41, 5.74) is 17.9. The average molecular weight is 1920 g/mol. The lowest BCUT2D eigenvalue weighted by molar-refractivity contribution is -0.388. The molecular formula is C108H121N5O27. The second-order valence-corrected chi connectivity index (χ2v) is 34.7. The summed E-state index contributed by atoms with van der Waals surface area (Å²) in [7, 11) is 0. The van der Waals surface area contributed by atoms with Gasteiger partial charge in [-0.15, -0.1) is 0 Å². The standard InChI is InChI=1S/C108H121N5O27/c1-70(114)110-89-98(126-61-80-47-27-11-28-48-80)95(86(133-104(89)112-113-109)67-122-57-76-39-19-7-20-40-76)138-105-90(111-71(2)115)99(127-62-81-49-29-12-30-50-81)96(87(134-105)68-123-58-77-41-21-8-22-42-77)139-108-103(132-73(4)117)102(140-107-92(119)101(129-64-83-53-33-14-34-54-83)94(125-60-79-45-25-10-26-46-79)85(136-107)66-121-56-75-37-17-6-18-38-75)97(131-72(3)116)88(137-108)69-130-106-91(118)100(128-63-82-51-31-13-32-52-82)93(124-59-78-43-23-9-24-44-78)84(135-106)65-120-55-74-35-15-5-16-36-74/h5-54,84-108,118-119H,55-69H2,1-4H3,(H,110,114)(H,111,115)/t84-,85-,86-,87-,88-,89-,90-,91+,92+,93-,94-,95-,96-,97-,98-,99-,100-,101-,102+,103+,104-,105+,106+,107-,108+/m1/s1. The van der Waals surface area contributed by atoms with Gasteiger partial charge in [-0.2, -0.15) is 0 Å². The molecule has 740 valence electrons. The zero-order valence-corrected chi connectivity index (χ0v) is 78.4. The minimum absolute atomic E-state index is 0.00987. The average Bonchev–Trinajstić information content (AvgIpc) is 0.752. The Hall–Kier alpha value is -11.4. The monoisotopic (exact) mass is 1920 g/mol. The van der Waals surface area contributed by atoms with E-state index < -0.39 is 190 Å². The number of nitrogens with zero attached hydrogens (tertiary/aromatic N) is 3. The minimum Gasteiger partial charge on any atom is -0.457 e. The predicted octanol–water partition coefficient (Wildman–Crippen LogP) is 13.1. The number of carbonyl (C=O) groups is 4. The summed E-state index contributed by atoms with van der Waals surface area (Å²) in [4.78, 5) is 60.8. The molecule has 10 aromatic rings. The number of aliphatic hydroxyl groups excluding tert-OH is 2. The maximum atomic E-state index is 14.7. The molecule has 5 heterocycles. The number of ether oxygens (including phenoxy) is 21. The number of hydrogen-bond acceptors (Lipinski definition) is 28. The van der Waals surface area contributed by atoms with E-state index in [0.717, 1.165) is 58.4 Å². The van der Waals surface area contributed by atoms with Crippen LogP contribution in [0.2, 0.25) is 0 Å². The number of carbonyl (C=O) groups excluding carboxylic acids is 4. The Labute approximate surface area is 813 Å². The van der Waals surface area contributed by atoms with Crippen molar-refractivity contribution >= 4 is 23.8 Å². The van der Waals surface area contributed by atoms with Gasteiger partial charge >= 0.3 is 11.9 Å². The summed E-state index contributed by atoms with van der Waals surface area (Å²) < 4.78 is 146. The molecule has 5 fully saturated rings. The van der Waals surface area contributed by atoms with Crippen LogP contribution in [0.25, 0.3) is 10.4 Å². The van der Waals surface area contributed by atoms with E-state index in [2.05, 4.69) is 20.7 Å². The van der Waals surface area contributed by atoms with Gasteiger partial charge in [0, 0.05) is 32.6 Å². The Morgan fingerprint density at radius 3 is 0.879 bits per heavy atom. The van der Waals surface area contributed by atoms with Crippen molar-refractivity contribution in [3.8, 4) is 0 Å². The fourth-order valence-corrected chi connectivity index (χ4v) is 17.6. The second kappa shape index (κ2) is 53.4. The molecule has 5 saturated heterocycles. The number of benzene rings is 10. The third-order valence-electron chi connectivity index (χ3n) is 24.2. The van der Waals surface area contributed by atoms with E-state index in [0.29, 0.717) is 11.1 Å². The van der Waals surface area contributed by atoms with Gasteiger partial charge in [0.1, 0.15) is 104 Å². The predicted molar refractivity (Wildman–Crippen MR) is 506 cm³/mol. The fourth-order valence-electron chi connectivity index (χ4n) is 17.6. The molecule has 32 nitrogen and oxygen atoms in total. The Kier molecular flexibility index (Phi) is 39.3. The quantitative estimate of drug-likeness (QED) is 0.0119. The van der Waals surface area contributed by atoms with Gasteiger partial charge in [0.25, 0.3) is 0 Å². The van der Waals surface area contributed by atoms with Crippen molar-refractivity contribution < 1.29 is 129 Å². The summed E-state index contributed by atoms with van der Waals surface area (Å²) in [6.07, 6.45) is -35.1. The molecule has 0 spiro atoms. The van der Waals surface area contributed by atoms with E-state index in [-0.39, 0.29) is 85.9 Å². The molecule has 5 aliphatic rings. The Morgan fingerprint density at radius 1 is 0.279 bits per heavy atom. The molecule has 15 rings (SSSR count). The summed E-state index contributed by atoms with van der Waals surface area (Å²) in [6, 6.07) is 90.7. The molecule has 5 aliphatic heterocycles. The molecule has 10 aromatic carbocycles. The number of nitrogens with one attached hydrogen (secondary N) is 2. The van der Waals surface area contributed by atoms with Crippen molar-refractivity contribution in [2.24, 2.45) is 5.11 Å². The van der Waals surface area contributed by atoms with Gasteiger partial charge in [-0.3, -0.25) is 19.2 Å². The third kappa shape index (κ3) is 29.8. The Balaban J connectivity index is 0.862. The van der Waals surface area contributed by atoms with Crippen LogP contribution in [0.4, 0.5) is 0 Å². The highest BCUT2D eigenvalue weighted by Gasteiger charge is 2.61. The van der Waals surface area contributed by atoms with Gasteiger partial charge < -0.3 is 120 Å². The third-order valence-corrected chi connectivity index (χ3v) is 24.2. The molecule has 32 heteroatoms. The van der Waals surface area contributed by atoms with E-state index in [1.807, 2.05) is 303 Å². The van der Waals surface area contributed by atoms with Crippen LogP contribution in [0.15, 0.2) is 308 Å². The van der Waals surface area contributed by atoms with Crippen LogP contribution in [0, 0.1) is 0 Å². The number of hydrogen-bond donors (Lipinski definition) is 4. The molecule has 0 aliphatic carbocycles. The van der Waals surface area contributed by atoms with Gasteiger partial charge in [0.05, 0.1) is 105 Å². The second-order valence-electron chi connectivity index (χ2n) is 34.7. The molecule has 0 radical (unpaired) electrons. The number of azide groups is 1. The van der Waals surface area contributed by atoms with Crippen molar-refractivity contribution in [3.05, 3.63) is 369 Å². The van der Waals surface area contributed by atoms with E-state index in [4.69, 9.17) is 99.5 Å². The molecule has 25 atom stereocenters. The largest absolute Gasteiger partial charge is 0.457 e. The van der Waals surface area contributed by atoms with Crippen LogP contribution in [0.3, 0.4) is 0 Å². The van der Waals surface area contributed by atoms with Crippen LogP contribution in [0.1, 0.15) is 83.3 Å². The molecule has 0 aromatic heterocycles. The zero-order valence-electron chi connectivity index (χ0n) is 78.4. The van der Waals surface area contributed by atoms with Crippen molar-refractivity contribution in [3.63, 3.8) is 0 Å². The lowest BCUT2D eigenvalue weighted by Crippen LogP contribution is -2.71. The number of rotatable bonds is 48. The number of esters is 2. The molecule has 4 N–H and O–H groups in total. The zero-order chi connectivity index (χ0) is 97.2. The molecule has 0 unspecified atom stereocenters. The van der Waals surface area contributed by atoms with E-state index in [9.17, 15) is 34.9 Å². The maximum absolute atomic E-state index is 14.7. The fraction of sp³-hybridized carbons (Fsp3) is 0.407. The number of aliphatic hydroxyl groups is 2. The van der Waals surface area contributed by atoms with Gasteiger partial charge in [-0.1, -0.05) is 308 Å². The molecular weight excluding hydrogens is 1800 g/mol. The van der Waals surface area contributed by atoms with Gasteiger partial charge in [-0.05, 0) is 61.2 Å². The summed E-state index contributed by atoms with van der Waals surface area (Å²) in [5, 5.41) is 36.9. The van der Waals surface area contributed by atoms with Crippen LogP contribution in [-0.2, 0) is 185 Å². The summed E-state index contributed by atoms with van der Waals surface area (Å²) >= 11 is 0. The first-order valence-corrected chi connectivity index (χ1v) is 47.0. The lowest BCUT2D eigenvalue weighted by Gasteiger charge is -2.52. The van der Waals surface area contributed by atoms with E-state index in [1.54, 1.807) is 0 Å². The van der Waals surface area contributed by atoms with Crippen molar-refractivity contribution in [1.82, 2.24) is 10.6 Å². The van der Waals surface area contributed by atoms with Crippen molar-refractivity contribution in [1.29, 1.82) is 0 Å². The normalized spacial score (nSPS) is 27.8. The van der Waals surface area contributed by atoms with Crippen LogP contribution in [-0.4, -0.2) is 220 Å². The summed E-state index contributed by atoms with van der Waals surface area (Å²) in [6.45, 7) is 3.08. The first kappa shape index (κ1) is 103. The highest BCUT2D eigenvalue weighted by molar-refractivity contribution is 5.74. The van der Waals surface area contributed by atoms with E-state index in [1.165, 1.54) is 13.8 Å². The molecule has 2 amide bonds. The lowest BCUT2D eigenvalue weighted by atomic mass is 9.93. The van der Waals surface area contributed by atoms with Gasteiger partial charge in [0.15, 0.2) is 43.6 Å². The van der Waals surface area contributed by atoms with Gasteiger partial charge in [-0.25, -0.2) is 0 Å². The number of amides is 2. The van der Waals surface area contributed by atoms with E-state index >= 15 is 0 Å². The van der Waals surface area contributed by atoms with Crippen molar-refractivity contribution in [2.75, 3.05) is 33.0 Å². The summed E-state index contributed by atoms with van der Waals surface area (Å²) in [5.74, 6) is -3.06. The SMILES string of the molecule is CC(=O)N[C@@H]1[C@@H](OCc2ccccc2)[C@H](O[C@@H]2O[C@H](COCc3ccccc3)[C@@H](O[C@@H]3O[C@H](CO[C@H]4O[C@H](COCc5ccccc5)[C@@H](OCc5ccccc5)[C@H](OCc5ccccc5)[C@@H]4O)[C@@H](OC(C)=O)[C@H](O[C@H]4O[C@H](COCc5ccccc5)[C@@H](OCc5ccccc5)[C@H](OCc5ccccc5)[C@@H]4O)[C@@H]3OC(C)=O)[C@H](OCc3ccccc3)[C@H]2NC(C)=O)[C@@H](COCc2ccccc2)O[C@H]1N=[N+]=[N-]. The first-order valence-electron chi connectivity index (χ1n) is 47.0. The van der Waals surface area contributed by atoms with Crippen molar-refractivity contribution in [2.45, 2.75) is 247 Å². The van der Waals surface area contributed by atoms with Crippen LogP contribution in [0.5, 0.6) is 0 Å². The highest BCUT2D eigenvalue weighted by Crippen LogP contribution is 2.42. The highest BCUT2D eigenvalue weighted by atomic mass is 16.8. The van der Waals surface area contributed by atoms with Crippen LogP contribution < -0.4 is 10.6 Å². The Bertz CT molecular complexity index is 5390. The molecule has 0 bridgehead atoms. The maximum Gasteiger partial charge on any atom is 0.303 e. The van der Waals surface area contributed by atoms with Gasteiger partial charge in [0.2, 0.25) is 11.8 Å². The molecule has 0 saturated carbocycles. The minimum atomic E-state index is -2.02. The molecule has 140 heavy (non-hydrogen) atoms.